The first-order valence-electron chi connectivity index (χ1n) is 7.86. The van der Waals surface area contributed by atoms with Crippen molar-refractivity contribution in [3.05, 3.63) is 24.1 Å². The number of fused-ring (bicyclic) bond motifs is 1. The molecule has 0 bridgehead atoms. The fraction of sp³-hybridized carbons (Fsp3) is 0.500. The minimum Gasteiger partial charge on any atom is -0.455 e. The molecular formula is C16H20N4O2. The van der Waals surface area contributed by atoms with Gasteiger partial charge in [0.05, 0.1) is 12.2 Å². The number of nitrogens with one attached hydrogen (secondary N) is 1. The third kappa shape index (κ3) is 2.33. The highest BCUT2D eigenvalue weighted by Gasteiger charge is 2.20. The van der Waals surface area contributed by atoms with Crippen LogP contribution in [0.1, 0.15) is 43.9 Å². The third-order valence-corrected chi connectivity index (χ3v) is 4.34. The Hall–Kier alpha value is -2.08. The first-order chi connectivity index (χ1) is 10.8. The summed E-state index contributed by atoms with van der Waals surface area (Å²) >= 11 is 0. The summed E-state index contributed by atoms with van der Waals surface area (Å²) in [6.07, 6.45) is 8.14. The number of aromatic amines is 1. The molecule has 1 aliphatic rings. The number of imidazole rings is 1. The van der Waals surface area contributed by atoms with Crippen LogP contribution in [0.5, 0.6) is 0 Å². The first kappa shape index (κ1) is 13.6. The minimum absolute atomic E-state index is 0.468. The van der Waals surface area contributed by atoms with Gasteiger partial charge in [-0.2, -0.15) is 5.10 Å². The Morgan fingerprint density at radius 3 is 3.00 bits per heavy atom. The Balaban J connectivity index is 1.66. The van der Waals surface area contributed by atoms with E-state index in [1.165, 1.54) is 32.1 Å². The Bertz CT molecular complexity index is 764. The molecule has 1 saturated carbocycles. The standard InChI is InChI=1S/C16H20N4O2/c1-21-10-12-7-8-14(22-12)15-18-13-9-17-20(16(13)19-15)11-5-3-2-4-6-11/h7-9,11H,2-6,10H2,1H3,(H,18,19). The van der Waals surface area contributed by atoms with E-state index in [-0.39, 0.29) is 0 Å². The van der Waals surface area contributed by atoms with Crippen molar-refractivity contribution >= 4 is 11.2 Å². The van der Waals surface area contributed by atoms with Gasteiger partial charge in [0.25, 0.3) is 0 Å². The summed E-state index contributed by atoms with van der Waals surface area (Å²) in [7, 11) is 1.65. The lowest BCUT2D eigenvalue weighted by Gasteiger charge is -2.21. The van der Waals surface area contributed by atoms with Gasteiger partial charge in [0.1, 0.15) is 17.9 Å². The summed E-state index contributed by atoms with van der Waals surface area (Å²) in [5.41, 5.74) is 1.89. The molecule has 0 saturated heterocycles. The summed E-state index contributed by atoms with van der Waals surface area (Å²) in [5, 5.41) is 4.52. The summed E-state index contributed by atoms with van der Waals surface area (Å²) in [6.45, 7) is 0.468. The van der Waals surface area contributed by atoms with Gasteiger partial charge in [0, 0.05) is 7.11 Å². The number of hydrogen-bond acceptors (Lipinski definition) is 4. The van der Waals surface area contributed by atoms with Crippen molar-refractivity contribution in [3.63, 3.8) is 0 Å². The van der Waals surface area contributed by atoms with Gasteiger partial charge >= 0.3 is 0 Å². The second-order valence-electron chi connectivity index (χ2n) is 5.90. The van der Waals surface area contributed by atoms with E-state index >= 15 is 0 Å². The van der Waals surface area contributed by atoms with Gasteiger partial charge in [-0.1, -0.05) is 19.3 Å². The van der Waals surface area contributed by atoms with E-state index in [0.717, 1.165) is 28.5 Å². The molecule has 0 amide bonds. The predicted octanol–water partition coefficient (Wildman–Crippen LogP) is 3.67. The van der Waals surface area contributed by atoms with Crippen molar-refractivity contribution in [3.8, 4) is 11.6 Å². The zero-order valence-corrected chi connectivity index (χ0v) is 12.7. The van der Waals surface area contributed by atoms with Crippen molar-refractivity contribution < 1.29 is 9.15 Å². The van der Waals surface area contributed by atoms with Crippen LogP contribution in [-0.2, 0) is 11.3 Å². The quantitative estimate of drug-likeness (QED) is 0.798. The van der Waals surface area contributed by atoms with Crippen LogP contribution >= 0.6 is 0 Å². The number of H-pyrrole nitrogens is 1. The van der Waals surface area contributed by atoms with E-state index < -0.39 is 0 Å². The van der Waals surface area contributed by atoms with Crippen LogP contribution in [-0.4, -0.2) is 26.9 Å². The molecule has 0 spiro atoms. The Kier molecular flexibility index (Phi) is 3.46. The van der Waals surface area contributed by atoms with E-state index in [4.69, 9.17) is 14.1 Å². The molecule has 0 radical (unpaired) electrons. The fourth-order valence-electron chi connectivity index (χ4n) is 3.25. The fourth-order valence-corrected chi connectivity index (χ4v) is 3.25. The second-order valence-corrected chi connectivity index (χ2v) is 5.90. The van der Waals surface area contributed by atoms with E-state index in [9.17, 15) is 0 Å². The van der Waals surface area contributed by atoms with Gasteiger partial charge in [0.15, 0.2) is 17.2 Å². The van der Waals surface area contributed by atoms with Crippen LogP contribution in [0.25, 0.3) is 22.7 Å². The molecule has 3 aromatic heterocycles. The van der Waals surface area contributed by atoms with Gasteiger partial charge in [0.2, 0.25) is 0 Å². The molecule has 0 aromatic carbocycles. The van der Waals surface area contributed by atoms with E-state index in [1.807, 2.05) is 18.3 Å². The van der Waals surface area contributed by atoms with Crippen LogP contribution in [0.3, 0.4) is 0 Å². The van der Waals surface area contributed by atoms with Crippen LogP contribution in [0.15, 0.2) is 22.7 Å². The van der Waals surface area contributed by atoms with Crippen LogP contribution in [0.4, 0.5) is 0 Å². The number of nitrogens with zero attached hydrogens (tertiary/aromatic N) is 3. The maximum absolute atomic E-state index is 5.75. The molecule has 3 aromatic rings. The predicted molar refractivity (Wildman–Crippen MR) is 82.4 cm³/mol. The average Bonchev–Trinajstić information content (AvgIpc) is 3.22. The van der Waals surface area contributed by atoms with Crippen molar-refractivity contribution in [1.29, 1.82) is 0 Å². The van der Waals surface area contributed by atoms with Crippen molar-refractivity contribution in [2.75, 3.05) is 7.11 Å². The maximum atomic E-state index is 5.75. The lowest BCUT2D eigenvalue weighted by molar-refractivity contribution is 0.165. The summed E-state index contributed by atoms with van der Waals surface area (Å²) in [4.78, 5) is 8.00. The molecule has 0 atom stereocenters. The van der Waals surface area contributed by atoms with Crippen LogP contribution < -0.4 is 0 Å². The SMILES string of the molecule is COCc1ccc(-c2nc3c(cnn3C3CCCCC3)[nH]2)o1. The highest BCUT2D eigenvalue weighted by Crippen LogP contribution is 2.31. The highest BCUT2D eigenvalue weighted by atomic mass is 16.5. The monoisotopic (exact) mass is 300 g/mol. The van der Waals surface area contributed by atoms with E-state index in [1.54, 1.807) is 7.11 Å². The van der Waals surface area contributed by atoms with Gasteiger partial charge in [-0.05, 0) is 25.0 Å². The van der Waals surface area contributed by atoms with E-state index in [0.29, 0.717) is 12.6 Å². The minimum atomic E-state index is 0.468. The molecule has 1 N–H and O–H groups in total. The van der Waals surface area contributed by atoms with Crippen LogP contribution in [0, 0.1) is 0 Å². The molecule has 22 heavy (non-hydrogen) atoms. The van der Waals surface area contributed by atoms with Gasteiger partial charge < -0.3 is 14.1 Å². The number of furan rings is 1. The zero-order chi connectivity index (χ0) is 14.9. The molecular weight excluding hydrogens is 280 g/mol. The van der Waals surface area contributed by atoms with Crippen molar-refractivity contribution in [2.45, 2.75) is 44.8 Å². The first-order valence-corrected chi connectivity index (χ1v) is 7.86. The molecule has 6 nitrogen and oxygen atoms in total. The molecule has 0 aliphatic heterocycles. The molecule has 3 heterocycles. The van der Waals surface area contributed by atoms with E-state index in [2.05, 4.69) is 14.8 Å². The van der Waals surface area contributed by atoms with Gasteiger partial charge in [-0.15, -0.1) is 0 Å². The summed E-state index contributed by atoms with van der Waals surface area (Å²) < 4.78 is 12.9. The van der Waals surface area contributed by atoms with Crippen molar-refractivity contribution in [1.82, 2.24) is 19.7 Å². The average molecular weight is 300 g/mol. The molecule has 1 fully saturated rings. The number of hydrogen-bond donors (Lipinski definition) is 1. The number of ether oxygens (including phenoxy) is 1. The third-order valence-electron chi connectivity index (χ3n) is 4.34. The molecule has 116 valence electrons. The zero-order valence-electron chi connectivity index (χ0n) is 12.7. The molecule has 6 heteroatoms. The van der Waals surface area contributed by atoms with Crippen molar-refractivity contribution in [2.24, 2.45) is 0 Å². The number of methoxy groups -OCH3 is 1. The lowest BCUT2D eigenvalue weighted by atomic mass is 9.96. The largest absolute Gasteiger partial charge is 0.455 e. The maximum Gasteiger partial charge on any atom is 0.177 e. The van der Waals surface area contributed by atoms with Crippen LogP contribution in [0.2, 0.25) is 0 Å². The molecule has 4 rings (SSSR count). The Morgan fingerprint density at radius 1 is 1.32 bits per heavy atom. The van der Waals surface area contributed by atoms with Gasteiger partial charge in [-0.3, -0.25) is 0 Å². The lowest BCUT2D eigenvalue weighted by Crippen LogP contribution is -2.14. The topological polar surface area (TPSA) is 68.9 Å². The Morgan fingerprint density at radius 2 is 2.18 bits per heavy atom. The second kappa shape index (κ2) is 5.61. The number of rotatable bonds is 4. The smallest absolute Gasteiger partial charge is 0.177 e. The summed E-state index contributed by atoms with van der Waals surface area (Å²) in [5.74, 6) is 2.28. The Labute approximate surface area is 128 Å². The molecule has 0 unspecified atom stereocenters. The summed E-state index contributed by atoms with van der Waals surface area (Å²) in [6, 6.07) is 4.31. The highest BCUT2D eigenvalue weighted by molar-refractivity contribution is 5.74. The normalized spacial score (nSPS) is 16.6. The number of aromatic nitrogens is 4. The van der Waals surface area contributed by atoms with Gasteiger partial charge in [-0.25, -0.2) is 9.67 Å². The molecule has 1 aliphatic carbocycles.